The molecule has 3 aromatic rings. The van der Waals surface area contributed by atoms with Crippen LogP contribution in [-0.2, 0) is 12.8 Å². The molecule has 128 valence electrons. The summed E-state index contributed by atoms with van der Waals surface area (Å²) in [5, 5.41) is 0. The molecular formula is C25H28. The summed E-state index contributed by atoms with van der Waals surface area (Å²) in [5.74, 6) is 0. The van der Waals surface area contributed by atoms with Crippen molar-refractivity contribution in [3.63, 3.8) is 0 Å². The average Bonchev–Trinajstić information content (AvgIpc) is 2.63. The minimum absolute atomic E-state index is 1.09. The van der Waals surface area contributed by atoms with Gasteiger partial charge in [0.15, 0.2) is 0 Å². The van der Waals surface area contributed by atoms with E-state index in [1.54, 1.807) is 0 Å². The first kappa shape index (κ1) is 17.5. The Labute approximate surface area is 152 Å². The Morgan fingerprint density at radius 3 is 1.72 bits per heavy atom. The first-order chi connectivity index (χ1) is 12.0. The number of hydrogen-bond acceptors (Lipinski definition) is 0. The van der Waals surface area contributed by atoms with Gasteiger partial charge in [0.2, 0.25) is 0 Å². The van der Waals surface area contributed by atoms with Crippen molar-refractivity contribution in [1.29, 1.82) is 0 Å². The first-order valence-corrected chi connectivity index (χ1v) is 9.18. The van der Waals surface area contributed by atoms with E-state index in [2.05, 4.69) is 89.2 Å². The van der Waals surface area contributed by atoms with Crippen LogP contribution in [0, 0.1) is 34.6 Å². The van der Waals surface area contributed by atoms with E-state index in [9.17, 15) is 0 Å². The van der Waals surface area contributed by atoms with Crippen LogP contribution in [-0.4, -0.2) is 0 Å². The van der Waals surface area contributed by atoms with Crippen LogP contribution >= 0.6 is 0 Å². The molecule has 25 heavy (non-hydrogen) atoms. The van der Waals surface area contributed by atoms with Gasteiger partial charge in [0.25, 0.3) is 0 Å². The van der Waals surface area contributed by atoms with E-state index in [1.807, 2.05) is 0 Å². The summed E-state index contributed by atoms with van der Waals surface area (Å²) in [6.07, 6.45) is 2.20. The summed E-state index contributed by atoms with van der Waals surface area (Å²) in [6, 6.07) is 20.2. The molecule has 3 rings (SSSR count). The smallest absolute Gasteiger partial charge is 0.0184 e. The topological polar surface area (TPSA) is 0 Å². The number of rotatable bonds is 4. The summed E-state index contributed by atoms with van der Waals surface area (Å²) in [6.45, 7) is 11.1. The van der Waals surface area contributed by atoms with E-state index in [0.717, 1.165) is 12.8 Å². The highest BCUT2D eigenvalue weighted by Gasteiger charge is 2.07. The van der Waals surface area contributed by atoms with Crippen molar-refractivity contribution in [2.75, 3.05) is 0 Å². The average molecular weight is 328 g/mol. The molecule has 0 nitrogen and oxygen atoms in total. The van der Waals surface area contributed by atoms with E-state index in [-0.39, 0.29) is 0 Å². The van der Waals surface area contributed by atoms with E-state index < -0.39 is 0 Å². The minimum Gasteiger partial charge on any atom is -0.0587 e. The van der Waals surface area contributed by atoms with Crippen molar-refractivity contribution >= 4 is 0 Å². The molecule has 0 radical (unpaired) electrons. The molecule has 0 fully saturated rings. The zero-order valence-electron chi connectivity index (χ0n) is 16.1. The van der Waals surface area contributed by atoms with Gasteiger partial charge in [-0.15, -0.1) is 0 Å². The van der Waals surface area contributed by atoms with Crippen LogP contribution < -0.4 is 0 Å². The second-order valence-corrected chi connectivity index (χ2v) is 7.29. The van der Waals surface area contributed by atoms with E-state index in [1.165, 1.54) is 50.1 Å². The van der Waals surface area contributed by atoms with Crippen LogP contribution in [0.15, 0.2) is 54.6 Å². The number of benzene rings is 3. The lowest BCUT2D eigenvalue weighted by molar-refractivity contribution is 0.939. The van der Waals surface area contributed by atoms with E-state index in [4.69, 9.17) is 0 Å². The quantitative estimate of drug-likeness (QED) is 0.501. The van der Waals surface area contributed by atoms with Crippen molar-refractivity contribution in [3.8, 4) is 11.1 Å². The molecule has 0 aromatic heterocycles. The van der Waals surface area contributed by atoms with Crippen molar-refractivity contribution in [2.45, 2.75) is 47.5 Å². The normalized spacial score (nSPS) is 10.9. The summed E-state index contributed by atoms with van der Waals surface area (Å²) in [4.78, 5) is 0. The molecule has 0 unspecified atom stereocenters. The molecule has 0 atom stereocenters. The van der Waals surface area contributed by atoms with Gasteiger partial charge in [-0.25, -0.2) is 0 Å². The summed E-state index contributed by atoms with van der Waals surface area (Å²) >= 11 is 0. The molecule has 0 saturated carbocycles. The van der Waals surface area contributed by atoms with Gasteiger partial charge in [-0.1, -0.05) is 60.2 Å². The van der Waals surface area contributed by atoms with Gasteiger partial charge in [0.1, 0.15) is 0 Å². The van der Waals surface area contributed by atoms with Crippen molar-refractivity contribution in [1.82, 2.24) is 0 Å². The predicted octanol–water partition coefficient (Wildman–Crippen LogP) is 6.68. The molecule has 0 N–H and O–H groups in total. The number of aryl methyl sites for hydroxylation is 4. The van der Waals surface area contributed by atoms with E-state index >= 15 is 0 Å². The Hall–Kier alpha value is -2.34. The number of hydrogen-bond donors (Lipinski definition) is 0. The van der Waals surface area contributed by atoms with Gasteiger partial charge >= 0.3 is 0 Å². The minimum atomic E-state index is 1.09. The molecular weight excluding hydrogens is 300 g/mol. The highest BCUT2D eigenvalue weighted by molar-refractivity contribution is 5.63. The SMILES string of the molecule is Cc1ccc(-c2ccc(CCc3cc(C)c(C)c(C)c3C)cc2)cc1. The van der Waals surface area contributed by atoms with Gasteiger partial charge in [-0.2, -0.15) is 0 Å². The van der Waals surface area contributed by atoms with Gasteiger partial charge < -0.3 is 0 Å². The molecule has 0 aliphatic heterocycles. The molecule has 0 saturated heterocycles. The van der Waals surface area contributed by atoms with Crippen molar-refractivity contribution in [3.05, 3.63) is 93.5 Å². The van der Waals surface area contributed by atoms with Crippen LogP contribution in [0.3, 0.4) is 0 Å². The fourth-order valence-corrected chi connectivity index (χ4v) is 3.44. The Bertz CT molecular complexity index is 865. The molecule has 0 aliphatic rings. The monoisotopic (exact) mass is 328 g/mol. The molecule has 0 bridgehead atoms. The third-order valence-corrected chi connectivity index (χ3v) is 5.61. The van der Waals surface area contributed by atoms with Crippen LogP contribution in [0.2, 0.25) is 0 Å². The highest BCUT2D eigenvalue weighted by atomic mass is 14.1. The maximum atomic E-state index is 2.37. The summed E-state index contributed by atoms with van der Waals surface area (Å²) < 4.78 is 0. The Morgan fingerprint density at radius 1 is 0.560 bits per heavy atom. The predicted molar refractivity (Wildman–Crippen MR) is 109 cm³/mol. The molecule has 0 amide bonds. The Balaban J connectivity index is 1.73. The van der Waals surface area contributed by atoms with Gasteiger partial charge in [0, 0.05) is 0 Å². The first-order valence-electron chi connectivity index (χ1n) is 9.18. The fourth-order valence-electron chi connectivity index (χ4n) is 3.44. The Morgan fingerprint density at radius 2 is 1.12 bits per heavy atom. The van der Waals surface area contributed by atoms with Crippen LogP contribution in [0.4, 0.5) is 0 Å². The third-order valence-electron chi connectivity index (χ3n) is 5.61. The van der Waals surface area contributed by atoms with Gasteiger partial charge in [0.05, 0.1) is 0 Å². The van der Waals surface area contributed by atoms with Crippen LogP contribution in [0.25, 0.3) is 11.1 Å². The van der Waals surface area contributed by atoms with Crippen LogP contribution in [0.5, 0.6) is 0 Å². The third kappa shape index (κ3) is 3.85. The largest absolute Gasteiger partial charge is 0.0587 e. The maximum Gasteiger partial charge on any atom is -0.0184 e. The second kappa shape index (κ2) is 7.27. The standard InChI is InChI=1S/C25H28/c1-17-6-11-23(12-7-17)24-13-8-22(9-14-24)10-15-25-16-18(2)19(3)20(4)21(25)5/h6-9,11-14,16H,10,15H2,1-5H3. The second-order valence-electron chi connectivity index (χ2n) is 7.29. The maximum absolute atomic E-state index is 2.37. The summed E-state index contributed by atoms with van der Waals surface area (Å²) in [7, 11) is 0. The summed E-state index contributed by atoms with van der Waals surface area (Å²) in [5.41, 5.74) is 12.5. The molecule has 0 aliphatic carbocycles. The van der Waals surface area contributed by atoms with Crippen molar-refractivity contribution in [2.24, 2.45) is 0 Å². The molecule has 3 aromatic carbocycles. The zero-order valence-corrected chi connectivity index (χ0v) is 16.1. The lowest BCUT2D eigenvalue weighted by atomic mass is 9.91. The lowest BCUT2D eigenvalue weighted by Gasteiger charge is -2.14. The van der Waals surface area contributed by atoms with Crippen LogP contribution in [0.1, 0.15) is 38.9 Å². The van der Waals surface area contributed by atoms with E-state index in [0.29, 0.717) is 0 Å². The van der Waals surface area contributed by atoms with Crippen molar-refractivity contribution < 1.29 is 0 Å². The van der Waals surface area contributed by atoms with Gasteiger partial charge in [-0.3, -0.25) is 0 Å². The lowest BCUT2D eigenvalue weighted by Crippen LogP contribution is -2.00. The molecule has 0 heteroatoms. The molecule has 0 heterocycles. The highest BCUT2D eigenvalue weighted by Crippen LogP contribution is 2.24. The Kier molecular flexibility index (Phi) is 5.08. The van der Waals surface area contributed by atoms with Gasteiger partial charge in [-0.05, 0) is 92.0 Å². The fraction of sp³-hybridized carbons (Fsp3) is 0.280. The zero-order chi connectivity index (χ0) is 18.0. The molecule has 0 spiro atoms.